The van der Waals surface area contributed by atoms with E-state index in [0.717, 1.165) is 41.8 Å². The van der Waals surface area contributed by atoms with Gasteiger partial charge in [0.25, 0.3) is 5.91 Å². The quantitative estimate of drug-likeness (QED) is 0.557. The van der Waals surface area contributed by atoms with Crippen LogP contribution in [-0.2, 0) is 9.53 Å². The average molecular weight is 504 g/mol. The van der Waals surface area contributed by atoms with E-state index in [-0.39, 0.29) is 29.8 Å². The van der Waals surface area contributed by atoms with E-state index in [1.807, 2.05) is 71.9 Å². The Bertz CT molecular complexity index is 1370. The van der Waals surface area contributed by atoms with Crippen LogP contribution in [0.2, 0.25) is 0 Å². The molecule has 4 atom stereocenters. The second-order valence-corrected chi connectivity index (χ2v) is 11.3. The number of aliphatic carboxylic acids is 1. The molecule has 0 bridgehead atoms. The van der Waals surface area contributed by atoms with Crippen LogP contribution < -0.4 is 4.74 Å². The summed E-state index contributed by atoms with van der Waals surface area (Å²) < 4.78 is 15.0. The van der Waals surface area contributed by atoms with Crippen LogP contribution in [0.25, 0.3) is 5.65 Å². The maximum atomic E-state index is 13.6. The summed E-state index contributed by atoms with van der Waals surface area (Å²) in [5.74, 6) is -0.121. The number of hydrogen-bond donors (Lipinski definition) is 1. The van der Waals surface area contributed by atoms with Gasteiger partial charge in [-0.15, -0.1) is 0 Å². The van der Waals surface area contributed by atoms with Gasteiger partial charge in [-0.05, 0) is 57.2 Å². The number of ether oxygens (including phenoxy) is 2. The minimum atomic E-state index is -0.830. The first-order valence-electron chi connectivity index (χ1n) is 13.1. The van der Waals surface area contributed by atoms with E-state index in [9.17, 15) is 14.7 Å². The first kappa shape index (κ1) is 24.0. The molecule has 8 heteroatoms. The molecule has 1 aromatic carbocycles. The second kappa shape index (κ2) is 8.87. The predicted molar refractivity (Wildman–Crippen MR) is 137 cm³/mol. The summed E-state index contributed by atoms with van der Waals surface area (Å²) in [4.78, 5) is 31.5. The Balaban J connectivity index is 1.27. The molecule has 37 heavy (non-hydrogen) atoms. The van der Waals surface area contributed by atoms with Gasteiger partial charge < -0.3 is 23.9 Å². The van der Waals surface area contributed by atoms with E-state index in [1.54, 1.807) is 0 Å². The molecular formula is C29H33N3O5. The van der Waals surface area contributed by atoms with E-state index in [4.69, 9.17) is 9.47 Å². The first-order chi connectivity index (χ1) is 17.8. The minimum absolute atomic E-state index is 0.0104. The molecule has 6 rings (SSSR count). The summed E-state index contributed by atoms with van der Waals surface area (Å²) in [6.07, 6.45) is 6.74. The molecule has 0 saturated carbocycles. The molecule has 0 unspecified atom stereocenters. The molecule has 3 aliphatic heterocycles. The Morgan fingerprint density at radius 3 is 2.86 bits per heavy atom. The molecule has 0 aliphatic carbocycles. The number of likely N-dealkylation sites (tertiary alicyclic amines) is 1. The van der Waals surface area contributed by atoms with Crippen LogP contribution in [0.4, 0.5) is 0 Å². The van der Waals surface area contributed by atoms with Gasteiger partial charge in [0, 0.05) is 48.8 Å². The summed E-state index contributed by atoms with van der Waals surface area (Å²) in [6, 6.07) is 11.8. The van der Waals surface area contributed by atoms with Crippen molar-refractivity contribution in [1.29, 1.82) is 0 Å². The van der Waals surface area contributed by atoms with Gasteiger partial charge in [-0.1, -0.05) is 24.3 Å². The molecule has 2 saturated heterocycles. The lowest BCUT2D eigenvalue weighted by atomic mass is 9.64. The lowest BCUT2D eigenvalue weighted by molar-refractivity contribution is -0.181. The Hall–Kier alpha value is -3.39. The summed E-state index contributed by atoms with van der Waals surface area (Å²) in [7, 11) is 0. The average Bonchev–Trinajstić information content (AvgIpc) is 3.31. The number of piperidine rings is 1. The molecule has 1 N–H and O–H groups in total. The number of para-hydroxylation sites is 1. The second-order valence-electron chi connectivity index (χ2n) is 11.3. The van der Waals surface area contributed by atoms with Crippen LogP contribution in [-0.4, -0.2) is 56.6 Å². The van der Waals surface area contributed by atoms with Crippen molar-refractivity contribution in [1.82, 2.24) is 14.3 Å². The summed E-state index contributed by atoms with van der Waals surface area (Å²) >= 11 is 0. The van der Waals surface area contributed by atoms with Gasteiger partial charge >= 0.3 is 5.97 Å². The van der Waals surface area contributed by atoms with Crippen LogP contribution in [0.15, 0.2) is 48.8 Å². The van der Waals surface area contributed by atoms with Crippen LogP contribution in [0.1, 0.15) is 66.7 Å². The topological polar surface area (TPSA) is 93.4 Å². The van der Waals surface area contributed by atoms with Gasteiger partial charge in [-0.2, -0.15) is 0 Å². The number of aromatic nitrogens is 2. The van der Waals surface area contributed by atoms with E-state index >= 15 is 0 Å². The van der Waals surface area contributed by atoms with E-state index < -0.39 is 11.6 Å². The third-order valence-electron chi connectivity index (χ3n) is 8.54. The predicted octanol–water partition coefficient (Wildman–Crippen LogP) is 4.66. The number of amides is 1. The first-order valence-corrected chi connectivity index (χ1v) is 13.1. The van der Waals surface area contributed by atoms with Crippen LogP contribution in [0.3, 0.4) is 0 Å². The fraction of sp³-hybridized carbons (Fsp3) is 0.483. The van der Waals surface area contributed by atoms with Gasteiger partial charge in [0.2, 0.25) is 0 Å². The summed E-state index contributed by atoms with van der Waals surface area (Å²) in [5.41, 5.74) is 2.48. The highest BCUT2D eigenvalue weighted by Gasteiger charge is 2.55. The molecule has 0 radical (unpaired) electrons. The zero-order chi connectivity index (χ0) is 25.8. The standard InChI is InChI=1S/C29H33N3O5/c1-19-8-9-24-30-22(16-32(24)15-19)27(35)31-13-5-11-29(17-31)14-21-26(36-18-29)20-6-3-4-7-23(20)37-28(21,2)12-10-25(33)34/h3-4,6-9,15-16,21,26H,5,10-14,17-18H2,1-2H3,(H,33,34)/t21-,26+,28-,29-/m1/s1. The number of imidazole rings is 1. The maximum absolute atomic E-state index is 13.6. The van der Waals surface area contributed by atoms with Gasteiger partial charge in [0.1, 0.15) is 22.7 Å². The van der Waals surface area contributed by atoms with Crippen molar-refractivity contribution in [3.05, 3.63) is 65.6 Å². The van der Waals surface area contributed by atoms with Gasteiger partial charge in [0.05, 0.1) is 12.7 Å². The van der Waals surface area contributed by atoms with E-state index in [2.05, 4.69) is 4.98 Å². The zero-order valence-electron chi connectivity index (χ0n) is 21.4. The minimum Gasteiger partial charge on any atom is -0.487 e. The van der Waals surface area contributed by atoms with Crippen molar-refractivity contribution in [2.45, 2.75) is 57.7 Å². The smallest absolute Gasteiger partial charge is 0.303 e. The number of fused-ring (bicyclic) bond motifs is 4. The Kier molecular flexibility index (Phi) is 5.75. The number of carboxylic acid groups (broad SMARTS) is 1. The SMILES string of the molecule is Cc1ccc2nc(C(=O)N3CCC[C@]4(CO[C@H]5c6ccccc6O[C@](C)(CCC(=O)O)[C@@H]5C4)C3)cn2c1. The normalized spacial score (nSPS) is 29.0. The number of pyridine rings is 1. The molecule has 1 amide bonds. The van der Waals surface area contributed by atoms with Crippen molar-refractivity contribution in [2.75, 3.05) is 19.7 Å². The number of aryl methyl sites for hydroxylation is 1. The molecule has 5 heterocycles. The highest BCUT2D eigenvalue weighted by atomic mass is 16.5. The van der Waals surface area contributed by atoms with Gasteiger partial charge in [-0.3, -0.25) is 9.59 Å². The molecule has 3 aliphatic rings. The van der Waals surface area contributed by atoms with E-state index in [1.165, 1.54) is 0 Å². The van der Waals surface area contributed by atoms with Crippen LogP contribution >= 0.6 is 0 Å². The van der Waals surface area contributed by atoms with Crippen molar-refractivity contribution in [2.24, 2.45) is 11.3 Å². The zero-order valence-corrected chi connectivity index (χ0v) is 21.4. The summed E-state index contributed by atoms with van der Waals surface area (Å²) in [5, 5.41) is 9.43. The highest BCUT2D eigenvalue weighted by Crippen LogP contribution is 2.56. The molecule has 1 spiro atoms. The maximum Gasteiger partial charge on any atom is 0.303 e. The Morgan fingerprint density at radius 1 is 1.19 bits per heavy atom. The van der Waals surface area contributed by atoms with Crippen molar-refractivity contribution < 1.29 is 24.2 Å². The number of rotatable bonds is 4. The number of benzene rings is 1. The Labute approximate surface area is 216 Å². The molecule has 2 fully saturated rings. The van der Waals surface area contributed by atoms with E-state index in [0.29, 0.717) is 31.8 Å². The highest BCUT2D eigenvalue weighted by molar-refractivity contribution is 5.93. The molecule has 2 aromatic heterocycles. The largest absolute Gasteiger partial charge is 0.487 e. The number of carbonyl (C=O) groups is 2. The number of carboxylic acids is 1. The molecule has 8 nitrogen and oxygen atoms in total. The number of nitrogens with zero attached hydrogens (tertiary/aromatic N) is 3. The van der Waals surface area contributed by atoms with Crippen molar-refractivity contribution in [3.8, 4) is 5.75 Å². The fourth-order valence-corrected chi connectivity index (χ4v) is 6.62. The van der Waals surface area contributed by atoms with Gasteiger partial charge in [-0.25, -0.2) is 4.98 Å². The van der Waals surface area contributed by atoms with Crippen LogP contribution in [0.5, 0.6) is 5.75 Å². The monoisotopic (exact) mass is 503 g/mol. The van der Waals surface area contributed by atoms with Gasteiger partial charge in [0.15, 0.2) is 0 Å². The third-order valence-corrected chi connectivity index (χ3v) is 8.54. The van der Waals surface area contributed by atoms with Crippen molar-refractivity contribution >= 4 is 17.5 Å². The third kappa shape index (κ3) is 4.27. The number of hydrogen-bond acceptors (Lipinski definition) is 5. The molecule has 3 aromatic rings. The molecular weight excluding hydrogens is 470 g/mol. The molecule has 194 valence electrons. The summed E-state index contributed by atoms with van der Waals surface area (Å²) in [6.45, 7) is 5.89. The number of carbonyl (C=O) groups excluding carboxylic acids is 1. The fourth-order valence-electron chi connectivity index (χ4n) is 6.62. The lowest BCUT2D eigenvalue weighted by Gasteiger charge is -2.55. The Morgan fingerprint density at radius 2 is 2.03 bits per heavy atom. The lowest BCUT2D eigenvalue weighted by Crippen LogP contribution is -2.57. The van der Waals surface area contributed by atoms with Crippen LogP contribution in [0, 0.1) is 18.3 Å². The van der Waals surface area contributed by atoms with Crippen molar-refractivity contribution in [3.63, 3.8) is 0 Å².